The minimum absolute atomic E-state index is 0.414. The fourth-order valence-electron chi connectivity index (χ4n) is 1.28. The molecule has 0 atom stereocenters. The highest BCUT2D eigenvalue weighted by Gasteiger charge is 2.04. The first kappa shape index (κ1) is 9.34. The summed E-state index contributed by atoms with van der Waals surface area (Å²) in [5.41, 5.74) is 5.51. The van der Waals surface area contributed by atoms with Crippen molar-refractivity contribution in [3.8, 4) is 11.3 Å². The minimum atomic E-state index is -0.414. The van der Waals surface area contributed by atoms with Crippen LogP contribution in [-0.4, -0.2) is 4.98 Å². The summed E-state index contributed by atoms with van der Waals surface area (Å²) in [4.78, 5) is 5.28. The molecule has 0 N–H and O–H groups in total. The SMILES string of the molecule is Cc1s[c]nc1-c1ccc(CF)cc1. The van der Waals surface area contributed by atoms with Gasteiger partial charge in [0.2, 0.25) is 0 Å². The van der Waals surface area contributed by atoms with Crippen LogP contribution in [0.5, 0.6) is 0 Å². The highest BCUT2D eigenvalue weighted by molar-refractivity contribution is 7.09. The first-order chi connectivity index (χ1) is 6.81. The first-order valence-corrected chi connectivity index (χ1v) is 5.11. The first-order valence-electron chi connectivity index (χ1n) is 4.30. The molecular weight excluding hydrogens is 197 g/mol. The molecule has 3 heteroatoms. The number of halogens is 1. The fraction of sp³-hybridized carbons (Fsp3) is 0.182. The Morgan fingerprint density at radius 3 is 2.57 bits per heavy atom. The van der Waals surface area contributed by atoms with Crippen LogP contribution >= 0.6 is 11.3 Å². The van der Waals surface area contributed by atoms with E-state index in [0.717, 1.165) is 16.1 Å². The quantitative estimate of drug-likeness (QED) is 0.734. The average molecular weight is 206 g/mol. The molecule has 0 aliphatic heterocycles. The van der Waals surface area contributed by atoms with Crippen molar-refractivity contribution in [3.63, 3.8) is 0 Å². The fourth-order valence-corrected chi connectivity index (χ4v) is 1.82. The topological polar surface area (TPSA) is 12.9 Å². The van der Waals surface area contributed by atoms with Crippen LogP contribution in [0.15, 0.2) is 24.3 Å². The highest BCUT2D eigenvalue weighted by atomic mass is 32.1. The molecule has 0 amide bonds. The lowest BCUT2D eigenvalue weighted by Crippen LogP contribution is -1.82. The summed E-state index contributed by atoms with van der Waals surface area (Å²) in [6, 6.07) is 7.36. The molecule has 0 saturated heterocycles. The van der Waals surface area contributed by atoms with E-state index in [2.05, 4.69) is 10.5 Å². The number of hydrogen-bond donors (Lipinski definition) is 0. The van der Waals surface area contributed by atoms with Crippen LogP contribution in [0.25, 0.3) is 11.3 Å². The second-order valence-corrected chi connectivity index (χ2v) is 4.04. The van der Waals surface area contributed by atoms with Gasteiger partial charge < -0.3 is 0 Å². The van der Waals surface area contributed by atoms with Gasteiger partial charge in [-0.05, 0) is 12.5 Å². The van der Waals surface area contributed by atoms with Gasteiger partial charge in [-0.25, -0.2) is 9.37 Å². The lowest BCUT2D eigenvalue weighted by Gasteiger charge is -1.99. The zero-order valence-electron chi connectivity index (χ0n) is 7.75. The second-order valence-electron chi connectivity index (χ2n) is 3.04. The van der Waals surface area contributed by atoms with Gasteiger partial charge in [-0.2, -0.15) is 0 Å². The maximum Gasteiger partial charge on any atom is 0.153 e. The number of aromatic nitrogens is 1. The van der Waals surface area contributed by atoms with Crippen LogP contribution in [0.4, 0.5) is 4.39 Å². The van der Waals surface area contributed by atoms with E-state index in [1.807, 2.05) is 19.1 Å². The molecule has 1 heterocycles. The van der Waals surface area contributed by atoms with E-state index >= 15 is 0 Å². The van der Waals surface area contributed by atoms with E-state index in [1.54, 1.807) is 12.1 Å². The molecule has 0 saturated carbocycles. The molecule has 0 aliphatic rings. The Morgan fingerprint density at radius 1 is 1.36 bits per heavy atom. The van der Waals surface area contributed by atoms with Crippen molar-refractivity contribution < 1.29 is 4.39 Å². The van der Waals surface area contributed by atoms with Gasteiger partial charge in [0.05, 0.1) is 5.69 Å². The van der Waals surface area contributed by atoms with E-state index < -0.39 is 6.67 Å². The standard InChI is InChI=1S/C11H9FNS/c1-8-11(13-7-14-8)10-4-2-9(6-12)3-5-10/h2-5H,6H2,1H3. The normalized spacial score (nSPS) is 10.4. The molecule has 71 valence electrons. The monoisotopic (exact) mass is 206 g/mol. The number of nitrogens with zero attached hydrogens (tertiary/aromatic N) is 1. The molecule has 0 spiro atoms. The predicted octanol–water partition coefficient (Wildman–Crippen LogP) is 3.39. The number of thiazole rings is 1. The molecular formula is C11H9FNS. The van der Waals surface area contributed by atoms with E-state index in [9.17, 15) is 4.39 Å². The van der Waals surface area contributed by atoms with Gasteiger partial charge >= 0.3 is 0 Å². The summed E-state index contributed by atoms with van der Waals surface area (Å²) in [5, 5.41) is 0. The zero-order valence-corrected chi connectivity index (χ0v) is 8.57. The molecule has 0 fully saturated rings. The Hall–Kier alpha value is -1.22. The van der Waals surface area contributed by atoms with Crippen molar-refractivity contribution in [3.05, 3.63) is 40.2 Å². The number of hydrogen-bond acceptors (Lipinski definition) is 2. The van der Waals surface area contributed by atoms with Crippen molar-refractivity contribution in [1.29, 1.82) is 0 Å². The van der Waals surface area contributed by atoms with E-state index in [-0.39, 0.29) is 0 Å². The Labute approximate surface area is 86.2 Å². The molecule has 1 aromatic carbocycles. The van der Waals surface area contributed by atoms with Crippen molar-refractivity contribution in [1.82, 2.24) is 4.98 Å². The van der Waals surface area contributed by atoms with E-state index in [1.165, 1.54) is 11.3 Å². The number of benzene rings is 1. The third kappa shape index (κ3) is 1.68. The molecule has 2 aromatic rings. The molecule has 0 aliphatic carbocycles. The van der Waals surface area contributed by atoms with Crippen LogP contribution in [0, 0.1) is 12.4 Å². The Kier molecular flexibility index (Phi) is 2.59. The van der Waals surface area contributed by atoms with Crippen LogP contribution in [-0.2, 0) is 6.67 Å². The third-order valence-electron chi connectivity index (χ3n) is 2.07. The summed E-state index contributed by atoms with van der Waals surface area (Å²) in [6.07, 6.45) is 0. The predicted molar refractivity (Wildman–Crippen MR) is 55.9 cm³/mol. The molecule has 1 nitrogen and oxygen atoms in total. The molecule has 14 heavy (non-hydrogen) atoms. The Morgan fingerprint density at radius 2 is 2.07 bits per heavy atom. The largest absolute Gasteiger partial charge is 0.246 e. The highest BCUT2D eigenvalue weighted by Crippen LogP contribution is 2.24. The van der Waals surface area contributed by atoms with Crippen LogP contribution in [0.1, 0.15) is 10.4 Å². The minimum Gasteiger partial charge on any atom is -0.246 e. The number of alkyl halides is 1. The maximum absolute atomic E-state index is 12.3. The van der Waals surface area contributed by atoms with Gasteiger partial charge in [-0.15, -0.1) is 11.3 Å². The molecule has 2 rings (SSSR count). The maximum atomic E-state index is 12.3. The Balaban J connectivity index is 2.39. The van der Waals surface area contributed by atoms with E-state index in [0.29, 0.717) is 5.56 Å². The van der Waals surface area contributed by atoms with Crippen molar-refractivity contribution in [2.75, 3.05) is 0 Å². The molecule has 1 radical (unpaired) electrons. The van der Waals surface area contributed by atoms with Crippen molar-refractivity contribution >= 4 is 11.3 Å². The average Bonchev–Trinajstić information content (AvgIpc) is 2.65. The van der Waals surface area contributed by atoms with Gasteiger partial charge in [-0.3, -0.25) is 0 Å². The number of aryl methyl sites for hydroxylation is 1. The lowest BCUT2D eigenvalue weighted by atomic mass is 10.1. The van der Waals surface area contributed by atoms with Crippen LogP contribution in [0.2, 0.25) is 0 Å². The molecule has 0 bridgehead atoms. The van der Waals surface area contributed by atoms with Crippen LogP contribution in [0.3, 0.4) is 0 Å². The molecule has 1 aromatic heterocycles. The van der Waals surface area contributed by atoms with Gasteiger partial charge in [-0.1, -0.05) is 24.3 Å². The number of rotatable bonds is 2. The summed E-state index contributed by atoms with van der Waals surface area (Å²) in [5.74, 6) is 0. The van der Waals surface area contributed by atoms with E-state index in [4.69, 9.17) is 0 Å². The zero-order chi connectivity index (χ0) is 9.97. The van der Waals surface area contributed by atoms with Gasteiger partial charge in [0.25, 0.3) is 0 Å². The van der Waals surface area contributed by atoms with Crippen molar-refractivity contribution in [2.24, 2.45) is 0 Å². The van der Waals surface area contributed by atoms with Gasteiger partial charge in [0.1, 0.15) is 6.67 Å². The van der Waals surface area contributed by atoms with Crippen LogP contribution < -0.4 is 0 Å². The Bertz CT molecular complexity index is 419. The smallest absolute Gasteiger partial charge is 0.153 e. The summed E-state index contributed by atoms with van der Waals surface area (Å²) < 4.78 is 12.3. The lowest BCUT2D eigenvalue weighted by molar-refractivity contribution is 0.485. The molecule has 0 unspecified atom stereocenters. The van der Waals surface area contributed by atoms with Gasteiger partial charge in [0, 0.05) is 10.4 Å². The summed E-state index contributed by atoms with van der Waals surface area (Å²) in [6.45, 7) is 1.59. The van der Waals surface area contributed by atoms with Gasteiger partial charge in [0.15, 0.2) is 5.51 Å². The summed E-state index contributed by atoms with van der Waals surface area (Å²) in [7, 11) is 0. The second kappa shape index (κ2) is 3.88. The summed E-state index contributed by atoms with van der Waals surface area (Å²) >= 11 is 1.50. The third-order valence-corrected chi connectivity index (χ3v) is 2.75. The van der Waals surface area contributed by atoms with Crippen molar-refractivity contribution in [2.45, 2.75) is 13.6 Å².